The van der Waals surface area contributed by atoms with Gasteiger partial charge in [-0.1, -0.05) is 29.3 Å². The molecule has 0 spiro atoms. The average Bonchev–Trinajstić information content (AvgIpc) is 1.59. The molecule has 4 aromatic carbocycles. The molecule has 14 rings (SSSR count). The summed E-state index contributed by atoms with van der Waals surface area (Å²) in [5, 5.41) is 13.7. The number of benzene rings is 4. The highest BCUT2D eigenvalue weighted by molar-refractivity contribution is 6.44. The van der Waals surface area contributed by atoms with Gasteiger partial charge >= 0.3 is 0 Å². The van der Waals surface area contributed by atoms with Gasteiger partial charge in [0.25, 0.3) is 34.4 Å². The predicted molar refractivity (Wildman–Crippen MR) is 361 cm³/mol. The van der Waals surface area contributed by atoms with Crippen LogP contribution in [0.3, 0.4) is 0 Å². The van der Waals surface area contributed by atoms with Crippen molar-refractivity contribution in [2.75, 3.05) is 16.4 Å². The zero-order chi connectivity index (χ0) is 75.7. The SMILES string of the molecule is CC(=O)c1cc(F)cc(F)c1.CC1(c2cc(F)cc(F)c2)NC(=O)C2=CC=C(Cl)C(=O)C21.CC1(c2cc(F)cc(F)c2)NC(=O)c2ccc(Nc3ccncn3)c(=O)n21.CC1(c2cc(F)cc(F)c2)NC(=O)c2ccc(Nc3ccncn3)c(=O)n21.NC(=O)c1ccc(Cl)c(=O)[nH]1.Nc1ccncn1. The van der Waals surface area contributed by atoms with Crippen molar-refractivity contribution < 1.29 is 63.9 Å². The van der Waals surface area contributed by atoms with Gasteiger partial charge in [0.15, 0.2) is 11.6 Å². The number of nitrogens with two attached hydrogens (primary N) is 2. The summed E-state index contributed by atoms with van der Waals surface area (Å²) in [4.78, 5) is 132. The number of hydrogen-bond donors (Lipinski definition) is 8. The number of fused-ring (bicyclic) bond motifs is 3. The van der Waals surface area contributed by atoms with Crippen LogP contribution in [0.15, 0.2) is 202 Å². The molecule has 0 bridgehead atoms. The molecule has 4 amide bonds. The first kappa shape index (κ1) is 75.3. The van der Waals surface area contributed by atoms with Gasteiger partial charge in [0.2, 0.25) is 5.91 Å². The number of nitrogens with one attached hydrogen (secondary N) is 6. The maximum Gasteiger partial charge on any atom is 0.277 e. The average molecular weight is 1470 g/mol. The number of amides is 4. The fourth-order valence-corrected chi connectivity index (χ4v) is 11.1. The number of aromatic nitrogens is 9. The fourth-order valence-electron chi connectivity index (χ4n) is 10.8. The van der Waals surface area contributed by atoms with E-state index >= 15 is 0 Å². The van der Waals surface area contributed by atoms with Crippen LogP contribution in [0.1, 0.15) is 86.2 Å². The highest BCUT2D eigenvalue weighted by Gasteiger charge is 2.53. The molecule has 1 saturated heterocycles. The third kappa shape index (κ3) is 16.9. The molecule has 35 heteroatoms. The van der Waals surface area contributed by atoms with Crippen LogP contribution >= 0.6 is 23.2 Å². The number of aromatic amines is 1. The predicted octanol–water partition coefficient (Wildman–Crippen LogP) is 9.16. The van der Waals surface area contributed by atoms with E-state index in [9.17, 15) is 78.3 Å². The number of H-pyrrole nitrogens is 1. The van der Waals surface area contributed by atoms with Crippen LogP contribution in [0.25, 0.3) is 0 Å². The number of nitrogen functional groups attached to an aromatic ring is 1. The Hall–Kier alpha value is -12.9. The molecular weight excluding hydrogens is 1420 g/mol. The molecule has 3 aliphatic heterocycles. The summed E-state index contributed by atoms with van der Waals surface area (Å²) in [6.45, 7) is 5.82. The molecule has 1 fully saturated rings. The first-order chi connectivity index (χ1) is 49.2. The van der Waals surface area contributed by atoms with Crippen LogP contribution in [0.2, 0.25) is 5.02 Å². The summed E-state index contributed by atoms with van der Waals surface area (Å²) in [7, 11) is 0. The lowest BCUT2D eigenvalue weighted by Gasteiger charge is -2.31. The van der Waals surface area contributed by atoms with E-state index in [0.29, 0.717) is 17.5 Å². The molecule has 532 valence electrons. The lowest BCUT2D eigenvalue weighted by Crippen LogP contribution is -2.46. The minimum atomic E-state index is -1.45. The van der Waals surface area contributed by atoms with Crippen LogP contribution in [0, 0.1) is 52.5 Å². The molecule has 25 nitrogen and oxygen atoms in total. The number of carbonyl (C=O) groups is 6. The second-order valence-corrected chi connectivity index (χ2v) is 23.7. The van der Waals surface area contributed by atoms with Gasteiger partial charge in [-0.15, -0.1) is 0 Å². The van der Waals surface area contributed by atoms with Crippen LogP contribution in [-0.2, 0) is 26.5 Å². The van der Waals surface area contributed by atoms with Gasteiger partial charge in [-0.05, 0) is 142 Å². The lowest BCUT2D eigenvalue weighted by atomic mass is 9.75. The summed E-state index contributed by atoms with van der Waals surface area (Å²) in [5.74, 6) is -8.81. The normalized spacial score (nSPS) is 17.7. The molecule has 6 aromatic heterocycles. The molecule has 10 N–H and O–H groups in total. The Morgan fingerprint density at radius 2 is 0.923 bits per heavy atom. The van der Waals surface area contributed by atoms with E-state index in [2.05, 4.69) is 61.5 Å². The van der Waals surface area contributed by atoms with Crippen LogP contribution in [-0.4, -0.2) is 79.2 Å². The van der Waals surface area contributed by atoms with Crippen molar-refractivity contribution in [1.29, 1.82) is 0 Å². The van der Waals surface area contributed by atoms with E-state index < -0.39 is 115 Å². The van der Waals surface area contributed by atoms with Gasteiger partial charge in [-0.3, -0.25) is 52.3 Å². The van der Waals surface area contributed by atoms with E-state index in [4.69, 9.17) is 34.7 Å². The van der Waals surface area contributed by atoms with E-state index in [-0.39, 0.29) is 72.1 Å². The smallest absolute Gasteiger partial charge is 0.277 e. The van der Waals surface area contributed by atoms with Crippen molar-refractivity contribution in [2.45, 2.75) is 44.6 Å². The van der Waals surface area contributed by atoms with Gasteiger partial charge in [0.1, 0.15) is 128 Å². The fraction of sp³-hybridized carbons (Fsp3) is 0.116. The molecule has 9 heterocycles. The molecule has 4 atom stereocenters. The van der Waals surface area contributed by atoms with Crippen molar-refractivity contribution in [2.24, 2.45) is 11.7 Å². The maximum absolute atomic E-state index is 13.7. The van der Waals surface area contributed by atoms with E-state index in [1.54, 1.807) is 31.3 Å². The molecule has 10 aromatic rings. The number of hydrogen-bond acceptors (Lipinski definition) is 18. The Balaban J connectivity index is 0.000000153. The molecule has 4 unspecified atom stereocenters. The van der Waals surface area contributed by atoms with Crippen LogP contribution < -0.4 is 54.7 Å². The highest BCUT2D eigenvalue weighted by Crippen LogP contribution is 2.44. The number of ketones is 2. The monoisotopic (exact) mass is 1470 g/mol. The van der Waals surface area contributed by atoms with Gasteiger partial charge in [0, 0.05) is 65.1 Å². The van der Waals surface area contributed by atoms with Gasteiger partial charge in [-0.25, -0.2) is 65.0 Å². The Labute approximate surface area is 590 Å². The molecular formula is C69H52Cl2F8N16O9. The second kappa shape index (κ2) is 31.3. The number of primary amides is 1. The number of carbonyl (C=O) groups excluding carboxylic acids is 6. The van der Waals surface area contributed by atoms with Crippen molar-refractivity contribution >= 4 is 87.2 Å². The molecule has 104 heavy (non-hydrogen) atoms. The lowest BCUT2D eigenvalue weighted by molar-refractivity contribution is -0.119. The first-order valence-corrected chi connectivity index (χ1v) is 30.7. The van der Waals surface area contributed by atoms with Crippen molar-refractivity contribution in [3.63, 3.8) is 0 Å². The Kier molecular flexibility index (Phi) is 22.7. The van der Waals surface area contributed by atoms with E-state index in [1.807, 2.05) is 0 Å². The summed E-state index contributed by atoms with van der Waals surface area (Å²) < 4.78 is 109. The maximum atomic E-state index is 13.7. The van der Waals surface area contributed by atoms with E-state index in [0.717, 1.165) is 72.8 Å². The summed E-state index contributed by atoms with van der Waals surface area (Å²) in [6.07, 6.45) is 11.5. The van der Waals surface area contributed by atoms with Gasteiger partial charge in [-0.2, -0.15) is 0 Å². The molecule has 0 saturated carbocycles. The summed E-state index contributed by atoms with van der Waals surface area (Å²) in [6, 6.07) is 24.7. The minimum absolute atomic E-state index is 0.0108. The number of allylic oxidation sites excluding steroid dienone is 3. The Morgan fingerprint density at radius 3 is 1.29 bits per heavy atom. The van der Waals surface area contributed by atoms with E-state index in [1.165, 1.54) is 110 Å². The summed E-state index contributed by atoms with van der Waals surface area (Å²) >= 11 is 11.2. The zero-order valence-corrected chi connectivity index (χ0v) is 55.5. The Morgan fingerprint density at radius 1 is 0.510 bits per heavy atom. The topological polar surface area (TPSA) is 369 Å². The van der Waals surface area contributed by atoms with Crippen molar-refractivity contribution in [3.05, 3.63) is 310 Å². The number of anilines is 5. The molecule has 1 aliphatic carbocycles. The third-order valence-electron chi connectivity index (χ3n) is 15.7. The largest absolute Gasteiger partial charge is 0.384 e. The number of Topliss-reactive ketones (excluding diaryl/α,β-unsaturated/α-hetero) is 2. The standard InChI is InChI=1S/2C18H13F2N5O2.C15H10ClF2NO2.C8H6F2O.C6H5ClN2O2.C4H5N3/c2*1-18(10-6-11(19)8-12(20)7-10)24-16(26)14-3-2-13(17(27)25(14)18)23-15-4-5-21-9-22-15;1-15(7-4-8(17)6-9(18)5-7)12-10(14(21)19-15)2-3-11(16)13(12)20;1-5(11)6-2-7(9)4-8(10)3-6;7-3-1-2-4(5(8)10)9-6(3)11;5-4-1-2-6-3-7-4/h2*2-9H,1H3,(H,24,26)(H,21,22,23);2-6,12H,1H3,(H,19,21);2-4H,1H3;1-2H,(H2,8,10)(H,9,11);1-3H,(H2,5,6,7). The second-order valence-electron chi connectivity index (χ2n) is 22.9. The number of pyridine rings is 3. The van der Waals surface area contributed by atoms with Crippen LogP contribution in [0.5, 0.6) is 0 Å². The molecule has 0 radical (unpaired) electrons. The zero-order valence-electron chi connectivity index (χ0n) is 54.0. The number of rotatable bonds is 9. The molecule has 4 aliphatic rings. The number of nitrogens with zero attached hydrogens (tertiary/aromatic N) is 8. The first-order valence-electron chi connectivity index (χ1n) is 29.9. The highest BCUT2D eigenvalue weighted by atomic mass is 35.5. The van der Waals surface area contributed by atoms with Crippen LogP contribution in [0.4, 0.5) is 64.0 Å². The number of halogens is 10. The summed E-state index contributed by atoms with van der Waals surface area (Å²) in [5.41, 5.74) is 5.57. The van der Waals surface area contributed by atoms with Crippen molar-refractivity contribution in [3.8, 4) is 0 Å². The van der Waals surface area contributed by atoms with Gasteiger partial charge < -0.3 is 43.0 Å². The third-order valence-corrected chi connectivity index (χ3v) is 16.3. The quantitative estimate of drug-likeness (QED) is 0.0493. The Bertz CT molecular complexity index is 5060. The minimum Gasteiger partial charge on any atom is -0.384 e. The van der Waals surface area contributed by atoms with Crippen molar-refractivity contribution in [1.82, 2.24) is 60.0 Å². The van der Waals surface area contributed by atoms with Gasteiger partial charge in [0.05, 0.1) is 16.5 Å².